The number of carboxylic acid groups (broad SMARTS) is 2. The van der Waals surface area contributed by atoms with Crippen LogP contribution in [-0.2, 0) is 15.0 Å². The van der Waals surface area contributed by atoms with Crippen molar-refractivity contribution in [2.75, 3.05) is 13.1 Å². The molecule has 2 aromatic rings. The van der Waals surface area contributed by atoms with Gasteiger partial charge in [0.2, 0.25) is 0 Å². The topological polar surface area (TPSA) is 90.2 Å². The maximum atomic E-state index is 12.6. The summed E-state index contributed by atoms with van der Waals surface area (Å²) in [6, 6.07) is 19.6. The lowest BCUT2D eigenvalue weighted by molar-refractivity contribution is -0.157. The zero-order valence-corrected chi connectivity index (χ0v) is 15.4. The number of nitrogens with zero attached hydrogens (tertiary/aromatic N) is 2. The van der Waals surface area contributed by atoms with Gasteiger partial charge in [0.25, 0.3) is 0 Å². The first-order valence-corrected chi connectivity index (χ1v) is 9.35. The van der Waals surface area contributed by atoms with Crippen molar-refractivity contribution in [3.05, 3.63) is 71.8 Å². The molecule has 0 bridgehead atoms. The van der Waals surface area contributed by atoms with E-state index in [1.54, 1.807) is 4.90 Å². The number of hydrogen-bond donors (Lipinski definition) is 2. The van der Waals surface area contributed by atoms with E-state index in [1.807, 2.05) is 60.7 Å². The highest BCUT2D eigenvalue weighted by atomic mass is 16.4. The van der Waals surface area contributed by atoms with E-state index in [4.69, 9.17) is 0 Å². The highest BCUT2D eigenvalue weighted by molar-refractivity contribution is 5.89. The van der Waals surface area contributed by atoms with Gasteiger partial charge in [-0.3, -0.25) is 9.79 Å². The number of aliphatic carboxylic acids is 2. The minimum Gasteiger partial charge on any atom is -0.481 e. The third-order valence-corrected chi connectivity index (χ3v) is 6.11. The number of aliphatic imine (C=N–C) groups is 1. The van der Waals surface area contributed by atoms with Crippen LogP contribution in [0.2, 0.25) is 0 Å². The summed E-state index contributed by atoms with van der Waals surface area (Å²) >= 11 is 0. The molecule has 0 saturated heterocycles. The highest BCUT2D eigenvalue weighted by Gasteiger charge is 2.70. The summed E-state index contributed by atoms with van der Waals surface area (Å²) in [4.78, 5) is 30.2. The Labute approximate surface area is 163 Å². The van der Waals surface area contributed by atoms with Gasteiger partial charge in [0.1, 0.15) is 0 Å². The Bertz CT molecular complexity index is 873. The zero-order chi connectivity index (χ0) is 19.8. The molecular weight excluding hydrogens is 356 g/mol. The lowest BCUT2D eigenvalue weighted by Crippen LogP contribution is -2.58. The summed E-state index contributed by atoms with van der Waals surface area (Å²) in [5.41, 5.74) is -0.0543. The first-order chi connectivity index (χ1) is 13.5. The van der Waals surface area contributed by atoms with Gasteiger partial charge in [0.15, 0.2) is 5.54 Å². The Balaban J connectivity index is 1.88. The molecule has 0 radical (unpaired) electrons. The highest BCUT2D eigenvalue weighted by Crippen LogP contribution is 2.65. The van der Waals surface area contributed by atoms with Crippen LogP contribution in [0.5, 0.6) is 0 Å². The fraction of sp³-hybridized carbons (Fsp3) is 0.318. The number of rotatable bonds is 7. The lowest BCUT2D eigenvalue weighted by Gasteiger charge is -2.39. The summed E-state index contributed by atoms with van der Waals surface area (Å²) in [7, 11) is 0. The Morgan fingerprint density at radius 2 is 1.61 bits per heavy atom. The van der Waals surface area contributed by atoms with Crippen molar-refractivity contribution in [3.8, 4) is 0 Å². The van der Waals surface area contributed by atoms with Crippen molar-refractivity contribution in [1.29, 1.82) is 0 Å². The fourth-order valence-corrected chi connectivity index (χ4v) is 4.80. The standard InChI is InChI=1S/C22H22N2O4/c25-19(26)14-22(20(27)28,24-12-11-23-15-24)18-13-21(18,16-7-3-1-4-8-16)17-9-5-2-6-10-17/h1-10,15,18H,11-14H2,(H,25,26)(H,27,28). The van der Waals surface area contributed by atoms with Gasteiger partial charge in [-0.1, -0.05) is 60.7 Å². The summed E-state index contributed by atoms with van der Waals surface area (Å²) in [5.74, 6) is -2.62. The van der Waals surface area contributed by atoms with Gasteiger partial charge < -0.3 is 15.1 Å². The van der Waals surface area contributed by atoms with Gasteiger partial charge >= 0.3 is 11.9 Å². The second-order valence-electron chi connectivity index (χ2n) is 7.48. The van der Waals surface area contributed by atoms with Gasteiger partial charge in [-0.2, -0.15) is 0 Å². The maximum Gasteiger partial charge on any atom is 0.330 e. The van der Waals surface area contributed by atoms with Gasteiger partial charge in [-0.15, -0.1) is 0 Å². The SMILES string of the molecule is O=C(O)CC(C(=O)O)(C1CC1(c1ccccc1)c1ccccc1)N1C=NCC1. The number of carboxylic acids is 2. The molecule has 0 spiro atoms. The molecule has 2 aliphatic rings. The molecule has 6 heteroatoms. The Morgan fingerprint density at radius 3 is 2.04 bits per heavy atom. The molecule has 2 unspecified atom stereocenters. The van der Waals surface area contributed by atoms with Crippen molar-refractivity contribution in [1.82, 2.24) is 4.90 Å². The number of benzene rings is 2. The second-order valence-corrected chi connectivity index (χ2v) is 7.48. The van der Waals surface area contributed by atoms with E-state index in [0.717, 1.165) is 11.1 Å². The molecule has 0 amide bonds. The monoisotopic (exact) mass is 378 g/mol. The molecule has 1 aliphatic carbocycles. The van der Waals surface area contributed by atoms with Crippen molar-refractivity contribution < 1.29 is 19.8 Å². The van der Waals surface area contributed by atoms with E-state index in [1.165, 1.54) is 6.34 Å². The van der Waals surface area contributed by atoms with Crippen LogP contribution < -0.4 is 0 Å². The molecule has 1 saturated carbocycles. The summed E-state index contributed by atoms with van der Waals surface area (Å²) < 4.78 is 0. The molecule has 1 heterocycles. The molecule has 2 N–H and O–H groups in total. The quantitative estimate of drug-likeness (QED) is 0.773. The van der Waals surface area contributed by atoms with Gasteiger partial charge in [0, 0.05) is 17.9 Å². The Hall–Kier alpha value is -3.15. The second kappa shape index (κ2) is 6.78. The lowest BCUT2D eigenvalue weighted by atomic mass is 9.77. The van der Waals surface area contributed by atoms with Gasteiger partial charge in [0.05, 0.1) is 19.3 Å². The van der Waals surface area contributed by atoms with E-state index >= 15 is 0 Å². The Kier molecular flexibility index (Phi) is 4.41. The average molecular weight is 378 g/mol. The van der Waals surface area contributed by atoms with E-state index in [2.05, 4.69) is 4.99 Å². The molecule has 2 aromatic carbocycles. The normalized spacial score (nSPS) is 21.9. The fourth-order valence-electron chi connectivity index (χ4n) is 4.80. The average Bonchev–Trinajstić information content (AvgIpc) is 3.22. The smallest absolute Gasteiger partial charge is 0.330 e. The maximum absolute atomic E-state index is 12.6. The van der Waals surface area contributed by atoms with Crippen LogP contribution >= 0.6 is 0 Å². The zero-order valence-electron chi connectivity index (χ0n) is 15.4. The molecule has 6 nitrogen and oxygen atoms in total. The predicted molar refractivity (Wildman–Crippen MR) is 104 cm³/mol. The third kappa shape index (κ3) is 2.68. The van der Waals surface area contributed by atoms with Crippen LogP contribution in [0.25, 0.3) is 0 Å². The number of carbonyl (C=O) groups is 2. The minimum atomic E-state index is -1.54. The predicted octanol–water partition coefficient (Wildman–Crippen LogP) is 2.63. The molecular formula is C22H22N2O4. The van der Waals surface area contributed by atoms with Crippen LogP contribution in [0.3, 0.4) is 0 Å². The molecule has 28 heavy (non-hydrogen) atoms. The van der Waals surface area contributed by atoms with E-state index in [0.29, 0.717) is 19.5 Å². The third-order valence-electron chi connectivity index (χ3n) is 6.11. The molecule has 1 aliphatic heterocycles. The van der Waals surface area contributed by atoms with Gasteiger partial charge in [-0.05, 0) is 17.5 Å². The van der Waals surface area contributed by atoms with Crippen LogP contribution in [0.4, 0.5) is 0 Å². The van der Waals surface area contributed by atoms with E-state index in [-0.39, 0.29) is 5.92 Å². The summed E-state index contributed by atoms with van der Waals surface area (Å²) in [6.07, 6.45) is 1.61. The van der Waals surface area contributed by atoms with Crippen molar-refractivity contribution in [3.63, 3.8) is 0 Å². The molecule has 1 fully saturated rings. The van der Waals surface area contributed by atoms with Gasteiger partial charge in [-0.25, -0.2) is 4.79 Å². The summed E-state index contributed by atoms with van der Waals surface area (Å²) in [5, 5.41) is 19.9. The van der Waals surface area contributed by atoms with Crippen LogP contribution in [0, 0.1) is 5.92 Å². The largest absolute Gasteiger partial charge is 0.481 e. The van der Waals surface area contributed by atoms with E-state index in [9.17, 15) is 19.8 Å². The van der Waals surface area contributed by atoms with Crippen molar-refractivity contribution >= 4 is 18.3 Å². The van der Waals surface area contributed by atoms with Crippen LogP contribution in [-0.4, -0.2) is 52.0 Å². The molecule has 2 atom stereocenters. The Morgan fingerprint density at radius 1 is 1.04 bits per heavy atom. The van der Waals surface area contributed by atoms with Crippen LogP contribution in [0.15, 0.2) is 65.7 Å². The molecule has 0 aromatic heterocycles. The summed E-state index contributed by atoms with van der Waals surface area (Å²) in [6.45, 7) is 0.890. The van der Waals surface area contributed by atoms with E-state index < -0.39 is 29.3 Å². The van der Waals surface area contributed by atoms with Crippen LogP contribution in [0.1, 0.15) is 24.0 Å². The van der Waals surface area contributed by atoms with Crippen molar-refractivity contribution in [2.24, 2.45) is 10.9 Å². The van der Waals surface area contributed by atoms with Crippen molar-refractivity contribution in [2.45, 2.75) is 23.8 Å². The first kappa shape index (κ1) is 18.2. The molecule has 144 valence electrons. The number of hydrogen-bond acceptors (Lipinski definition) is 4. The molecule has 4 rings (SSSR count). The minimum absolute atomic E-state index is 0.386. The first-order valence-electron chi connectivity index (χ1n) is 9.35.